The van der Waals surface area contributed by atoms with Crippen molar-refractivity contribution < 1.29 is 14.3 Å². The van der Waals surface area contributed by atoms with E-state index in [-0.39, 0.29) is 17.8 Å². The van der Waals surface area contributed by atoms with Gasteiger partial charge in [-0.2, -0.15) is 0 Å². The van der Waals surface area contributed by atoms with Crippen LogP contribution in [0.15, 0.2) is 65.1 Å². The summed E-state index contributed by atoms with van der Waals surface area (Å²) in [5.74, 6) is 0.568. The van der Waals surface area contributed by atoms with Crippen LogP contribution in [-0.4, -0.2) is 35.1 Å². The zero-order valence-corrected chi connectivity index (χ0v) is 17.4. The topological polar surface area (TPSA) is 65.7 Å². The zero-order valence-electron chi connectivity index (χ0n) is 16.7. The van der Waals surface area contributed by atoms with Gasteiger partial charge in [0.1, 0.15) is 5.76 Å². The summed E-state index contributed by atoms with van der Waals surface area (Å²) in [5, 5.41) is 13.1. The molecule has 1 fully saturated rings. The Morgan fingerprint density at radius 3 is 2.47 bits per heavy atom. The number of hydrogen-bond acceptors (Lipinski definition) is 4. The van der Waals surface area contributed by atoms with Crippen molar-refractivity contribution in [2.24, 2.45) is 0 Å². The lowest BCUT2D eigenvalue weighted by Crippen LogP contribution is -2.35. The van der Waals surface area contributed by atoms with Crippen molar-refractivity contribution in [3.63, 3.8) is 0 Å². The van der Waals surface area contributed by atoms with Gasteiger partial charge in [-0.15, -0.1) is 0 Å². The highest BCUT2D eigenvalue weighted by atomic mass is 35.5. The number of aliphatic hydroxyl groups is 1. The fraction of sp³-hybridized carbons (Fsp3) is 0.292. The normalized spacial score (nSPS) is 15.3. The zero-order chi connectivity index (χ0) is 20.9. The third-order valence-electron chi connectivity index (χ3n) is 5.41. The number of benzene rings is 2. The van der Waals surface area contributed by atoms with Gasteiger partial charge in [-0.3, -0.25) is 9.69 Å². The van der Waals surface area contributed by atoms with E-state index in [0.29, 0.717) is 17.3 Å². The Balaban J connectivity index is 1.30. The minimum Gasteiger partial charge on any atom is -0.451 e. The molecule has 0 radical (unpaired) electrons. The van der Waals surface area contributed by atoms with Crippen molar-refractivity contribution in [2.75, 3.05) is 13.1 Å². The minimum atomic E-state index is -0.260. The lowest BCUT2D eigenvalue weighted by molar-refractivity contribution is 0.0792. The van der Waals surface area contributed by atoms with Crippen LogP contribution in [0.3, 0.4) is 0 Å². The number of likely N-dealkylation sites (tertiary alicyclic amines) is 1. The third kappa shape index (κ3) is 5.11. The van der Waals surface area contributed by atoms with Gasteiger partial charge >= 0.3 is 0 Å². The first-order valence-electron chi connectivity index (χ1n) is 10.2. The average molecular weight is 425 g/mol. The van der Waals surface area contributed by atoms with E-state index < -0.39 is 0 Å². The molecule has 4 rings (SSSR count). The predicted molar refractivity (Wildman–Crippen MR) is 117 cm³/mol. The second kappa shape index (κ2) is 9.47. The van der Waals surface area contributed by atoms with Crippen LogP contribution in [-0.2, 0) is 13.1 Å². The summed E-state index contributed by atoms with van der Waals surface area (Å²) in [6.45, 7) is 3.17. The van der Waals surface area contributed by atoms with Crippen LogP contribution in [0.25, 0.3) is 11.3 Å². The lowest BCUT2D eigenvalue weighted by atomic mass is 10.1. The Bertz CT molecular complexity index is 992. The fourth-order valence-corrected chi connectivity index (χ4v) is 3.86. The Morgan fingerprint density at radius 2 is 1.73 bits per heavy atom. The smallest absolute Gasteiger partial charge is 0.287 e. The van der Waals surface area contributed by atoms with Crippen LogP contribution in [0.4, 0.5) is 0 Å². The molecule has 1 aliphatic rings. The standard InChI is InChI=1S/C24H25ClN2O3/c25-21-4-2-1-3-20(21)22-9-10-23(30-22)24(29)26-15-17-5-7-18(8-6-17)16-27-13-11-19(28)12-14-27/h1-10,19,28H,11-16H2,(H,26,29). The van der Waals surface area contributed by atoms with Crippen molar-refractivity contribution in [1.29, 1.82) is 0 Å². The molecule has 2 N–H and O–H groups in total. The van der Waals surface area contributed by atoms with Crippen molar-refractivity contribution in [3.05, 3.63) is 82.6 Å². The molecule has 2 aromatic carbocycles. The number of aliphatic hydroxyl groups excluding tert-OH is 1. The van der Waals surface area contributed by atoms with Crippen LogP contribution in [0, 0.1) is 0 Å². The number of carbonyl (C=O) groups excluding carboxylic acids is 1. The maximum atomic E-state index is 12.4. The SMILES string of the molecule is O=C(NCc1ccc(CN2CCC(O)CC2)cc1)c1ccc(-c2ccccc2Cl)o1. The highest BCUT2D eigenvalue weighted by Crippen LogP contribution is 2.29. The number of nitrogens with zero attached hydrogens (tertiary/aromatic N) is 1. The van der Waals surface area contributed by atoms with Crippen LogP contribution in [0.1, 0.15) is 34.5 Å². The summed E-state index contributed by atoms with van der Waals surface area (Å²) in [7, 11) is 0. The van der Waals surface area contributed by atoms with Crippen molar-refractivity contribution in [3.8, 4) is 11.3 Å². The summed E-state index contributed by atoms with van der Waals surface area (Å²) < 4.78 is 5.69. The monoisotopic (exact) mass is 424 g/mol. The number of rotatable bonds is 6. The highest BCUT2D eigenvalue weighted by Gasteiger charge is 2.17. The van der Waals surface area contributed by atoms with Gasteiger partial charge in [0.25, 0.3) is 5.91 Å². The first-order valence-corrected chi connectivity index (χ1v) is 10.6. The molecule has 0 atom stereocenters. The van der Waals surface area contributed by atoms with E-state index in [2.05, 4.69) is 22.3 Å². The number of hydrogen-bond donors (Lipinski definition) is 2. The molecule has 6 heteroatoms. The molecule has 0 aliphatic carbocycles. The van der Waals surface area contributed by atoms with Gasteiger partial charge in [0.15, 0.2) is 5.76 Å². The fourth-order valence-electron chi connectivity index (χ4n) is 3.63. The Labute approximate surface area is 181 Å². The van der Waals surface area contributed by atoms with E-state index in [1.165, 1.54) is 5.56 Å². The van der Waals surface area contributed by atoms with Crippen LogP contribution in [0.5, 0.6) is 0 Å². The third-order valence-corrected chi connectivity index (χ3v) is 5.74. The molecule has 1 aromatic heterocycles. The number of amides is 1. The number of furan rings is 1. The Hall–Kier alpha value is -2.60. The molecule has 1 saturated heterocycles. The van der Waals surface area contributed by atoms with Gasteiger partial charge in [0.05, 0.1) is 11.1 Å². The van der Waals surface area contributed by atoms with Gasteiger partial charge < -0.3 is 14.8 Å². The molecule has 0 saturated carbocycles. The number of carbonyl (C=O) groups is 1. The molecule has 1 amide bonds. The summed E-state index contributed by atoms with van der Waals surface area (Å²) in [6, 6.07) is 19.0. The summed E-state index contributed by atoms with van der Waals surface area (Å²) in [4.78, 5) is 14.8. The van der Waals surface area contributed by atoms with Gasteiger partial charge in [0.2, 0.25) is 0 Å². The summed E-state index contributed by atoms with van der Waals surface area (Å²) >= 11 is 6.19. The van der Waals surface area contributed by atoms with E-state index in [4.69, 9.17) is 16.0 Å². The molecule has 1 aliphatic heterocycles. The number of halogens is 1. The first-order chi connectivity index (χ1) is 14.6. The van der Waals surface area contributed by atoms with Gasteiger partial charge in [-0.05, 0) is 48.2 Å². The van der Waals surface area contributed by atoms with Crippen LogP contribution in [0.2, 0.25) is 5.02 Å². The molecule has 0 unspecified atom stereocenters. The van der Waals surface area contributed by atoms with Gasteiger partial charge in [0, 0.05) is 31.7 Å². The maximum Gasteiger partial charge on any atom is 0.287 e. The lowest BCUT2D eigenvalue weighted by Gasteiger charge is -2.29. The second-order valence-corrected chi connectivity index (χ2v) is 8.06. The van der Waals surface area contributed by atoms with Crippen LogP contribution >= 0.6 is 11.6 Å². The molecule has 30 heavy (non-hydrogen) atoms. The van der Waals surface area contributed by atoms with Gasteiger partial charge in [-0.1, -0.05) is 48.0 Å². The maximum absolute atomic E-state index is 12.4. The molecule has 156 valence electrons. The van der Waals surface area contributed by atoms with E-state index in [0.717, 1.165) is 43.6 Å². The highest BCUT2D eigenvalue weighted by molar-refractivity contribution is 6.33. The molecular formula is C24H25ClN2O3. The van der Waals surface area contributed by atoms with E-state index >= 15 is 0 Å². The number of nitrogens with one attached hydrogen (secondary N) is 1. The molecular weight excluding hydrogens is 400 g/mol. The van der Waals surface area contributed by atoms with Crippen molar-refractivity contribution >= 4 is 17.5 Å². The van der Waals surface area contributed by atoms with Crippen molar-refractivity contribution in [1.82, 2.24) is 10.2 Å². The first kappa shape index (κ1) is 20.7. The minimum absolute atomic E-state index is 0.151. The van der Waals surface area contributed by atoms with Crippen molar-refractivity contribution in [2.45, 2.75) is 32.0 Å². The molecule has 3 aromatic rings. The van der Waals surface area contributed by atoms with E-state index in [1.54, 1.807) is 18.2 Å². The van der Waals surface area contributed by atoms with E-state index in [9.17, 15) is 9.90 Å². The molecule has 0 bridgehead atoms. The summed E-state index contributed by atoms with van der Waals surface area (Å²) in [6.07, 6.45) is 1.53. The number of piperidine rings is 1. The van der Waals surface area contributed by atoms with Gasteiger partial charge in [-0.25, -0.2) is 0 Å². The molecule has 5 nitrogen and oxygen atoms in total. The molecule has 0 spiro atoms. The quantitative estimate of drug-likeness (QED) is 0.612. The molecule has 2 heterocycles. The average Bonchev–Trinajstić information content (AvgIpc) is 3.25. The second-order valence-electron chi connectivity index (χ2n) is 7.65. The largest absolute Gasteiger partial charge is 0.451 e. The Kier molecular flexibility index (Phi) is 6.53. The Morgan fingerprint density at radius 1 is 1.03 bits per heavy atom. The predicted octanol–water partition coefficient (Wildman–Crippen LogP) is 4.49. The van der Waals surface area contributed by atoms with Crippen LogP contribution < -0.4 is 5.32 Å². The van der Waals surface area contributed by atoms with E-state index in [1.807, 2.05) is 30.3 Å². The summed E-state index contributed by atoms with van der Waals surface area (Å²) in [5.41, 5.74) is 3.02.